The fourth-order valence-corrected chi connectivity index (χ4v) is 2.24. The van der Waals surface area contributed by atoms with Gasteiger partial charge in [-0.3, -0.25) is 10.1 Å². The Morgan fingerprint density at radius 1 is 0.926 bits per heavy atom. The molecule has 0 bridgehead atoms. The van der Waals surface area contributed by atoms with Gasteiger partial charge in [0, 0.05) is 23.2 Å². The molecule has 0 saturated carbocycles. The maximum absolute atomic E-state index is 10.5. The second-order valence-corrected chi connectivity index (χ2v) is 6.85. The summed E-state index contributed by atoms with van der Waals surface area (Å²) in [5.41, 5.74) is -0.460. The third-order valence-electron chi connectivity index (χ3n) is 2.86. The predicted octanol–water partition coefficient (Wildman–Crippen LogP) is 5.57. The Hall–Kier alpha value is -2.38. The fraction of sp³-hybridized carbons (Fsp3) is 0.333. The molecule has 2 aromatic rings. The molecule has 0 saturated heterocycles. The van der Waals surface area contributed by atoms with Crippen molar-refractivity contribution in [2.75, 3.05) is 0 Å². The Morgan fingerprint density at radius 3 is 1.96 bits per heavy atom. The molecule has 148 valence electrons. The number of aromatic hydroxyl groups is 2. The molecule has 0 fully saturated rings. The zero-order chi connectivity index (χ0) is 20.7. The van der Waals surface area contributed by atoms with Crippen LogP contribution in [0.25, 0.3) is 0 Å². The van der Waals surface area contributed by atoms with Gasteiger partial charge >= 0.3 is 5.69 Å². The van der Waals surface area contributed by atoms with Crippen molar-refractivity contribution in [1.29, 1.82) is 0 Å². The average Bonchev–Trinajstić information content (AvgIpc) is 2.53. The van der Waals surface area contributed by atoms with Crippen molar-refractivity contribution in [3.8, 4) is 23.0 Å². The lowest BCUT2D eigenvalue weighted by molar-refractivity contribution is -0.386. The van der Waals surface area contributed by atoms with Gasteiger partial charge in [0.2, 0.25) is 5.75 Å². The Morgan fingerprint density at radius 2 is 1.44 bits per heavy atom. The van der Waals surface area contributed by atoms with Gasteiger partial charge < -0.3 is 19.7 Å². The molecule has 9 heteroatoms. The third-order valence-corrected chi connectivity index (χ3v) is 3.32. The minimum absolute atomic E-state index is 0.0178. The summed E-state index contributed by atoms with van der Waals surface area (Å²) >= 11 is 11.4. The summed E-state index contributed by atoms with van der Waals surface area (Å²) in [5, 5.41) is 30.1. The van der Waals surface area contributed by atoms with Gasteiger partial charge in [0.1, 0.15) is 0 Å². The van der Waals surface area contributed by atoms with Gasteiger partial charge in [0.25, 0.3) is 0 Å². The highest BCUT2D eigenvalue weighted by Crippen LogP contribution is 2.39. The van der Waals surface area contributed by atoms with E-state index >= 15 is 0 Å². The normalized spacial score (nSPS) is 10.4. The molecule has 0 spiro atoms. The predicted molar refractivity (Wildman–Crippen MR) is 104 cm³/mol. The smallest absolute Gasteiger partial charge is 0.316 e. The minimum atomic E-state index is -0.714. The van der Waals surface area contributed by atoms with E-state index in [9.17, 15) is 20.3 Å². The van der Waals surface area contributed by atoms with E-state index in [1.807, 2.05) is 13.8 Å². The van der Waals surface area contributed by atoms with Crippen LogP contribution in [0, 0.1) is 10.1 Å². The van der Waals surface area contributed by atoms with Crippen LogP contribution in [0.3, 0.4) is 0 Å². The van der Waals surface area contributed by atoms with Gasteiger partial charge in [-0.05, 0) is 39.8 Å². The molecular formula is C18H21Cl2NO6. The van der Waals surface area contributed by atoms with Crippen molar-refractivity contribution >= 4 is 28.9 Å². The number of rotatable bonds is 5. The first-order chi connectivity index (χ1) is 12.5. The maximum atomic E-state index is 10.5. The summed E-state index contributed by atoms with van der Waals surface area (Å²) in [6.07, 6.45) is -0.164. The summed E-state index contributed by atoms with van der Waals surface area (Å²) in [6.45, 7) is 7.26. The molecule has 7 nitrogen and oxygen atoms in total. The third kappa shape index (κ3) is 7.40. The minimum Gasteiger partial charge on any atom is -0.504 e. The van der Waals surface area contributed by atoms with E-state index in [4.69, 9.17) is 32.7 Å². The Labute approximate surface area is 167 Å². The van der Waals surface area contributed by atoms with Crippen LogP contribution in [0.15, 0.2) is 30.3 Å². The van der Waals surface area contributed by atoms with E-state index in [1.54, 1.807) is 26.0 Å². The van der Waals surface area contributed by atoms with E-state index in [0.29, 0.717) is 10.8 Å². The largest absolute Gasteiger partial charge is 0.504 e. The Bertz CT molecular complexity index is 796. The molecule has 2 N–H and O–H groups in total. The highest BCUT2D eigenvalue weighted by molar-refractivity contribution is 6.31. The number of nitro groups is 1. The second kappa shape index (κ2) is 10.1. The number of nitrogens with zero attached hydrogens (tertiary/aromatic N) is 1. The topological polar surface area (TPSA) is 102 Å². The van der Waals surface area contributed by atoms with Gasteiger partial charge in [-0.1, -0.05) is 23.2 Å². The van der Waals surface area contributed by atoms with Gasteiger partial charge in [0.15, 0.2) is 17.2 Å². The molecule has 0 aliphatic heterocycles. The molecule has 0 radical (unpaired) electrons. The van der Waals surface area contributed by atoms with Crippen molar-refractivity contribution in [2.24, 2.45) is 0 Å². The average molecular weight is 418 g/mol. The van der Waals surface area contributed by atoms with Crippen LogP contribution in [0.1, 0.15) is 27.7 Å². The van der Waals surface area contributed by atoms with Crippen LogP contribution < -0.4 is 9.47 Å². The molecule has 0 atom stereocenters. The fourth-order valence-electron chi connectivity index (χ4n) is 1.88. The van der Waals surface area contributed by atoms with Crippen molar-refractivity contribution in [3.05, 3.63) is 50.5 Å². The highest BCUT2D eigenvalue weighted by Gasteiger charge is 2.20. The SMILES string of the molecule is CC(C)Oc1cc(Cl)cc([N+](=O)[O-])c1O.CC(C)Oc1cc(Cl)ccc1O. The number of nitro benzene ring substituents is 1. The monoisotopic (exact) mass is 417 g/mol. The molecular weight excluding hydrogens is 397 g/mol. The zero-order valence-electron chi connectivity index (χ0n) is 15.3. The second-order valence-electron chi connectivity index (χ2n) is 5.97. The first-order valence-corrected chi connectivity index (χ1v) is 8.75. The number of hydrogen-bond donors (Lipinski definition) is 2. The molecule has 2 rings (SSSR count). The zero-order valence-corrected chi connectivity index (χ0v) is 16.8. The molecule has 0 aliphatic carbocycles. The van der Waals surface area contributed by atoms with E-state index in [1.165, 1.54) is 12.1 Å². The maximum Gasteiger partial charge on any atom is 0.316 e. The van der Waals surface area contributed by atoms with Crippen LogP contribution in [-0.2, 0) is 0 Å². The molecule has 0 amide bonds. The highest BCUT2D eigenvalue weighted by atomic mass is 35.5. The van der Waals surface area contributed by atoms with Crippen LogP contribution in [-0.4, -0.2) is 27.3 Å². The molecule has 0 heterocycles. The number of benzene rings is 2. The lowest BCUT2D eigenvalue weighted by atomic mass is 10.2. The van der Waals surface area contributed by atoms with E-state index < -0.39 is 16.4 Å². The van der Waals surface area contributed by atoms with Gasteiger partial charge in [-0.2, -0.15) is 0 Å². The van der Waals surface area contributed by atoms with Crippen molar-refractivity contribution in [1.82, 2.24) is 0 Å². The number of halogens is 2. The molecule has 2 aromatic carbocycles. The number of phenolic OH excluding ortho intramolecular Hbond substituents is 2. The first-order valence-electron chi connectivity index (χ1n) is 8.00. The summed E-state index contributed by atoms with van der Waals surface area (Å²) < 4.78 is 10.5. The molecule has 0 unspecified atom stereocenters. The summed E-state index contributed by atoms with van der Waals surface area (Å²) in [4.78, 5) is 9.83. The van der Waals surface area contributed by atoms with Gasteiger partial charge in [-0.25, -0.2) is 0 Å². The van der Waals surface area contributed by atoms with Crippen molar-refractivity contribution in [2.45, 2.75) is 39.9 Å². The van der Waals surface area contributed by atoms with E-state index in [2.05, 4.69) is 0 Å². The summed E-state index contributed by atoms with van der Waals surface area (Å²) in [7, 11) is 0. The Balaban J connectivity index is 0.000000277. The summed E-state index contributed by atoms with van der Waals surface area (Å²) in [5.74, 6) is 0.0629. The summed E-state index contributed by atoms with van der Waals surface area (Å²) in [6, 6.07) is 7.13. The molecule has 27 heavy (non-hydrogen) atoms. The van der Waals surface area contributed by atoms with Crippen LogP contribution in [0.4, 0.5) is 5.69 Å². The van der Waals surface area contributed by atoms with Crippen LogP contribution in [0.5, 0.6) is 23.0 Å². The molecule has 0 aliphatic rings. The van der Waals surface area contributed by atoms with Crippen molar-refractivity contribution in [3.63, 3.8) is 0 Å². The quantitative estimate of drug-likeness (QED) is 0.486. The van der Waals surface area contributed by atoms with Crippen LogP contribution in [0.2, 0.25) is 10.0 Å². The number of phenols is 2. The lowest BCUT2D eigenvalue weighted by Gasteiger charge is -2.11. The lowest BCUT2D eigenvalue weighted by Crippen LogP contribution is -2.06. The number of hydrogen-bond acceptors (Lipinski definition) is 6. The first kappa shape index (κ1) is 22.7. The van der Waals surface area contributed by atoms with Gasteiger partial charge in [-0.15, -0.1) is 0 Å². The van der Waals surface area contributed by atoms with Crippen molar-refractivity contribution < 1.29 is 24.6 Å². The Kier molecular flexibility index (Phi) is 8.46. The molecule has 0 aromatic heterocycles. The standard InChI is InChI=1S/C9H10ClNO4.C9H11ClO2/c1-5(2)15-8-4-6(10)3-7(9(8)12)11(13)14;1-6(2)12-9-5-7(10)3-4-8(9)11/h3-5,12H,1-2H3;3-6,11H,1-2H3. The van der Waals surface area contributed by atoms with Crippen LogP contribution >= 0.6 is 23.2 Å². The number of ether oxygens (including phenoxy) is 2. The van der Waals surface area contributed by atoms with Gasteiger partial charge in [0.05, 0.1) is 22.2 Å². The van der Waals surface area contributed by atoms with E-state index in [-0.39, 0.29) is 28.7 Å². The van der Waals surface area contributed by atoms with E-state index in [0.717, 1.165) is 6.07 Å².